The van der Waals surface area contributed by atoms with Crippen LogP contribution in [0, 0.1) is 0 Å². The summed E-state index contributed by atoms with van der Waals surface area (Å²) >= 11 is 0. The molecule has 0 aromatic heterocycles. The Bertz CT molecular complexity index is 1540. The molecule has 0 radical (unpaired) electrons. The van der Waals surface area contributed by atoms with Gasteiger partial charge in [-0.05, 0) is 83.5 Å². The number of carbonyl (C=O) groups excluding carboxylic acids is 3. The number of amides is 3. The maximum absolute atomic E-state index is 13.8. The van der Waals surface area contributed by atoms with Gasteiger partial charge in [-0.15, -0.1) is 0 Å². The molecule has 0 unspecified atom stereocenters. The van der Waals surface area contributed by atoms with Crippen LogP contribution in [0.3, 0.4) is 0 Å². The van der Waals surface area contributed by atoms with Gasteiger partial charge < -0.3 is 36.6 Å². The lowest BCUT2D eigenvalue weighted by Crippen LogP contribution is -2.51. The van der Waals surface area contributed by atoms with Crippen molar-refractivity contribution in [2.24, 2.45) is 16.5 Å². The molecule has 0 bridgehead atoms. The van der Waals surface area contributed by atoms with Gasteiger partial charge >= 0.3 is 6.09 Å². The van der Waals surface area contributed by atoms with Crippen molar-refractivity contribution in [3.8, 4) is 0 Å². The number of likely N-dealkylation sites (N-methyl/N-ethyl adjacent to an activating group) is 1. The molecule has 3 atom stereocenters. The van der Waals surface area contributed by atoms with E-state index in [0.29, 0.717) is 37.1 Å². The Morgan fingerprint density at radius 3 is 1.90 bits per heavy atom. The van der Waals surface area contributed by atoms with Gasteiger partial charge in [-0.3, -0.25) is 14.6 Å². The number of nitrogens with one attached hydrogen (secondary N) is 2. The number of benzene rings is 3. The van der Waals surface area contributed by atoms with Gasteiger partial charge in [-0.1, -0.05) is 78.9 Å². The third-order valence-corrected chi connectivity index (χ3v) is 8.75. The van der Waals surface area contributed by atoms with E-state index in [1.807, 2.05) is 69.6 Å². The minimum absolute atomic E-state index is 0.0408. The maximum Gasteiger partial charge on any atom is 0.414 e. The molecule has 3 amide bonds. The molecular weight excluding hydrogens is 630 g/mol. The quantitative estimate of drug-likeness (QED) is 0.0699. The average Bonchev–Trinajstić information content (AvgIpc) is 3.11. The highest BCUT2D eigenvalue weighted by Gasteiger charge is 2.42. The molecule has 0 saturated carbocycles. The van der Waals surface area contributed by atoms with E-state index < -0.39 is 23.6 Å². The summed E-state index contributed by atoms with van der Waals surface area (Å²) in [6.07, 6.45) is 2.73. The highest BCUT2D eigenvalue weighted by molar-refractivity contribution is 5.97. The number of rotatable bonds is 17. The summed E-state index contributed by atoms with van der Waals surface area (Å²) in [5.41, 5.74) is 12.6. The molecule has 50 heavy (non-hydrogen) atoms. The second-order valence-corrected chi connectivity index (χ2v) is 12.8. The van der Waals surface area contributed by atoms with Crippen LogP contribution in [0.15, 0.2) is 108 Å². The van der Waals surface area contributed by atoms with Crippen molar-refractivity contribution in [3.63, 3.8) is 0 Å². The number of carbonyl (C=O) groups is 3. The first-order valence-electron chi connectivity index (χ1n) is 17.0. The normalized spacial score (nSPS) is 13.5. The SMILES string of the molecule is C/C=C(\OC(=O)N(C)C[C@@H](C)NC(=O)[C@H](CCCN=C(N)N)NC(=O)c1ccccc1)C(C[C@@H](C)N(C)C)(c1ccccc1)c1ccccc1. The molecule has 3 aromatic carbocycles. The van der Waals surface area contributed by atoms with Crippen molar-refractivity contribution in [2.45, 2.75) is 63.6 Å². The van der Waals surface area contributed by atoms with Crippen LogP contribution in [0.1, 0.15) is 61.5 Å². The Balaban J connectivity index is 1.79. The van der Waals surface area contributed by atoms with Crippen LogP contribution in [0.25, 0.3) is 0 Å². The summed E-state index contributed by atoms with van der Waals surface area (Å²) in [5.74, 6) is -0.279. The lowest BCUT2D eigenvalue weighted by atomic mass is 9.68. The van der Waals surface area contributed by atoms with Crippen molar-refractivity contribution in [2.75, 3.05) is 34.2 Å². The van der Waals surface area contributed by atoms with Gasteiger partial charge in [0.05, 0.1) is 5.41 Å². The van der Waals surface area contributed by atoms with Gasteiger partial charge in [0.1, 0.15) is 11.8 Å². The van der Waals surface area contributed by atoms with Crippen molar-refractivity contribution in [3.05, 3.63) is 120 Å². The van der Waals surface area contributed by atoms with Crippen molar-refractivity contribution in [1.82, 2.24) is 20.4 Å². The predicted molar refractivity (Wildman–Crippen MR) is 200 cm³/mol. The molecule has 0 spiro atoms. The Morgan fingerprint density at radius 1 is 0.860 bits per heavy atom. The summed E-state index contributed by atoms with van der Waals surface area (Å²) in [5, 5.41) is 5.78. The van der Waals surface area contributed by atoms with Crippen LogP contribution < -0.4 is 22.1 Å². The van der Waals surface area contributed by atoms with E-state index in [2.05, 4.69) is 51.7 Å². The summed E-state index contributed by atoms with van der Waals surface area (Å²) in [4.78, 5) is 47.8. The standard InChI is InChI=1S/C39H53N7O4/c1-7-34(39(26-29(3)45(4)5,31-20-13-9-14-21-31)32-22-15-10-16-23-32)50-38(49)46(6)27-28(2)43-36(48)33(24-17-25-42-37(40)41)44-35(47)30-18-11-8-12-19-30/h7-16,18-23,28-29,33H,17,24-27H2,1-6H3,(H,43,48)(H,44,47)(H4,40,41,42)/b34-7-/t28-,29-,33+/m1/s1. The maximum atomic E-state index is 13.8. The second-order valence-electron chi connectivity index (χ2n) is 12.8. The van der Waals surface area contributed by atoms with Gasteiger partial charge in [0.15, 0.2) is 5.96 Å². The zero-order chi connectivity index (χ0) is 36.7. The number of aliphatic imine (C=N–C) groups is 1. The lowest BCUT2D eigenvalue weighted by Gasteiger charge is -2.40. The first-order valence-corrected chi connectivity index (χ1v) is 17.0. The second kappa shape index (κ2) is 19.1. The number of allylic oxidation sites excluding steroid dienone is 2. The molecule has 0 aliphatic heterocycles. The third-order valence-electron chi connectivity index (χ3n) is 8.75. The summed E-state index contributed by atoms with van der Waals surface area (Å²) < 4.78 is 6.28. The molecule has 6 N–H and O–H groups in total. The van der Waals surface area contributed by atoms with Crippen LogP contribution in [-0.2, 0) is 14.9 Å². The molecule has 11 nitrogen and oxygen atoms in total. The van der Waals surface area contributed by atoms with Gasteiger partial charge in [-0.25, -0.2) is 4.79 Å². The zero-order valence-corrected chi connectivity index (χ0v) is 30.1. The first-order chi connectivity index (χ1) is 23.9. The highest BCUT2D eigenvalue weighted by atomic mass is 16.6. The minimum atomic E-state index is -0.845. The number of hydrogen-bond donors (Lipinski definition) is 4. The summed E-state index contributed by atoms with van der Waals surface area (Å²) in [6.45, 7) is 6.30. The summed E-state index contributed by atoms with van der Waals surface area (Å²) in [7, 11) is 5.72. The Labute approximate surface area is 296 Å². The first kappa shape index (κ1) is 39.3. The molecule has 0 aliphatic rings. The molecule has 0 fully saturated rings. The number of hydrogen-bond acceptors (Lipinski definition) is 6. The molecule has 3 rings (SSSR count). The predicted octanol–water partition coefficient (Wildman–Crippen LogP) is 4.64. The number of nitrogens with two attached hydrogens (primary N) is 2. The van der Waals surface area contributed by atoms with Crippen molar-refractivity contribution < 1.29 is 19.1 Å². The molecule has 0 heterocycles. The van der Waals surface area contributed by atoms with Crippen molar-refractivity contribution >= 4 is 23.9 Å². The highest BCUT2D eigenvalue weighted by Crippen LogP contribution is 2.44. The van der Waals surface area contributed by atoms with Crippen LogP contribution >= 0.6 is 0 Å². The number of ether oxygens (including phenoxy) is 1. The Morgan fingerprint density at radius 2 is 1.40 bits per heavy atom. The van der Waals surface area contributed by atoms with E-state index in [-0.39, 0.29) is 30.4 Å². The Kier molecular flexibility index (Phi) is 15.0. The topological polar surface area (TPSA) is 155 Å². The van der Waals surface area contributed by atoms with E-state index in [1.54, 1.807) is 38.2 Å². The van der Waals surface area contributed by atoms with Crippen LogP contribution in [0.4, 0.5) is 4.79 Å². The van der Waals surface area contributed by atoms with Gasteiger partial charge in [0, 0.05) is 37.8 Å². The fourth-order valence-electron chi connectivity index (χ4n) is 5.90. The smallest absolute Gasteiger partial charge is 0.414 e. The van der Waals surface area contributed by atoms with Gasteiger partial charge in [-0.2, -0.15) is 0 Å². The lowest BCUT2D eigenvalue weighted by molar-refractivity contribution is -0.123. The molecule has 11 heteroatoms. The molecule has 268 valence electrons. The molecular formula is C39H53N7O4. The molecule has 0 saturated heterocycles. The van der Waals surface area contributed by atoms with Gasteiger partial charge in [0.2, 0.25) is 5.91 Å². The fourth-order valence-corrected chi connectivity index (χ4v) is 5.90. The Hall–Kier alpha value is -5.16. The molecule has 3 aromatic rings. The van der Waals surface area contributed by atoms with Crippen LogP contribution in [0.2, 0.25) is 0 Å². The van der Waals surface area contributed by atoms with Gasteiger partial charge in [0.25, 0.3) is 5.91 Å². The summed E-state index contributed by atoms with van der Waals surface area (Å²) in [6, 6.07) is 27.7. The van der Waals surface area contributed by atoms with E-state index in [1.165, 1.54) is 4.90 Å². The minimum Gasteiger partial charge on any atom is -0.414 e. The largest absolute Gasteiger partial charge is 0.414 e. The van der Waals surface area contributed by atoms with E-state index in [9.17, 15) is 14.4 Å². The number of guanidine groups is 1. The monoisotopic (exact) mass is 683 g/mol. The third kappa shape index (κ3) is 10.9. The van der Waals surface area contributed by atoms with Crippen molar-refractivity contribution in [1.29, 1.82) is 0 Å². The van der Waals surface area contributed by atoms with E-state index >= 15 is 0 Å². The fraction of sp³-hybridized carbons (Fsp3) is 0.385. The van der Waals surface area contributed by atoms with Crippen LogP contribution in [-0.4, -0.2) is 86.0 Å². The number of nitrogens with zero attached hydrogens (tertiary/aromatic N) is 3. The zero-order valence-electron chi connectivity index (χ0n) is 30.1. The van der Waals surface area contributed by atoms with E-state index in [0.717, 1.165) is 11.1 Å². The van der Waals surface area contributed by atoms with Crippen LogP contribution in [0.5, 0.6) is 0 Å². The average molecular weight is 684 g/mol. The van der Waals surface area contributed by atoms with E-state index in [4.69, 9.17) is 16.2 Å². The molecule has 0 aliphatic carbocycles.